The van der Waals surface area contributed by atoms with E-state index < -0.39 is 34.1 Å². The first kappa shape index (κ1) is 38.9. The zero-order valence-corrected chi connectivity index (χ0v) is 30.7. The normalized spacial score (nSPS) is 19.9. The van der Waals surface area contributed by atoms with E-state index in [4.69, 9.17) is 25.8 Å². The molecule has 0 aromatic heterocycles. The van der Waals surface area contributed by atoms with Crippen molar-refractivity contribution in [2.45, 2.75) is 63.2 Å². The fourth-order valence-electron chi connectivity index (χ4n) is 5.57. The molecule has 0 fully saturated rings. The van der Waals surface area contributed by atoms with Gasteiger partial charge in [-0.2, -0.15) is 4.31 Å². The number of nitrogens with one attached hydrogen (secondary N) is 2. The predicted octanol–water partition coefficient (Wildman–Crippen LogP) is 6.11. The second kappa shape index (κ2) is 17.9. The number of hydrogen-bond acceptors (Lipinski definition) is 8. The molecule has 12 nitrogen and oxygen atoms in total. The van der Waals surface area contributed by atoms with Gasteiger partial charge in [-0.05, 0) is 99.8 Å². The van der Waals surface area contributed by atoms with Crippen LogP contribution in [0.2, 0.25) is 5.02 Å². The van der Waals surface area contributed by atoms with Crippen LogP contribution in [0.5, 0.6) is 11.5 Å². The average Bonchev–Trinajstić information content (AvgIpc) is 3.09. The lowest BCUT2D eigenvalue weighted by atomic mass is 10.0. The standard InChI is InChI=1S/C36H47ClN4O8S/c1-24-21-41(25(2)23-42)35(43)32-20-29(39-36(44)38-28-11-14-30(47-5)15-12-28)13-18-33(32)49-26(3)8-6-7-19-48-34(24)22-40(4)50(45,46)31-16-9-27(37)10-17-31/h9-18,20,24-26,34,42H,6-8,19,21-23H2,1-5H3,(H2,38,39,44)/t24-,25+,26-,34-/m0/s1. The third kappa shape index (κ3) is 10.3. The molecule has 1 aliphatic heterocycles. The molecule has 0 unspecified atom stereocenters. The predicted molar refractivity (Wildman–Crippen MR) is 194 cm³/mol. The van der Waals surface area contributed by atoms with Gasteiger partial charge in [0, 0.05) is 49.1 Å². The highest BCUT2D eigenvalue weighted by Crippen LogP contribution is 2.29. The zero-order valence-electron chi connectivity index (χ0n) is 29.1. The number of aliphatic hydroxyl groups is 1. The molecular weight excluding hydrogens is 684 g/mol. The number of methoxy groups -OCH3 is 1. The van der Waals surface area contributed by atoms with E-state index in [9.17, 15) is 23.1 Å². The number of aliphatic hydroxyl groups excluding tert-OH is 1. The van der Waals surface area contributed by atoms with E-state index in [0.717, 1.165) is 12.8 Å². The second-order valence-corrected chi connectivity index (χ2v) is 15.0. The lowest BCUT2D eigenvalue weighted by molar-refractivity contribution is -0.00833. The van der Waals surface area contributed by atoms with Gasteiger partial charge < -0.3 is 34.9 Å². The van der Waals surface area contributed by atoms with Crippen LogP contribution in [0.1, 0.15) is 50.4 Å². The molecule has 0 saturated heterocycles. The maximum atomic E-state index is 14.4. The van der Waals surface area contributed by atoms with E-state index in [1.165, 1.54) is 40.5 Å². The van der Waals surface area contributed by atoms with E-state index in [-0.39, 0.29) is 42.2 Å². The summed E-state index contributed by atoms with van der Waals surface area (Å²) in [6.07, 6.45) is 1.37. The number of amides is 3. The van der Waals surface area contributed by atoms with Gasteiger partial charge in [0.15, 0.2) is 0 Å². The molecule has 4 rings (SSSR count). The summed E-state index contributed by atoms with van der Waals surface area (Å²) in [6, 6.07) is 16.6. The van der Waals surface area contributed by atoms with E-state index in [2.05, 4.69) is 10.6 Å². The summed E-state index contributed by atoms with van der Waals surface area (Å²) in [4.78, 5) is 28.9. The van der Waals surface area contributed by atoms with Gasteiger partial charge in [-0.3, -0.25) is 4.79 Å². The van der Waals surface area contributed by atoms with Crippen molar-refractivity contribution in [3.05, 3.63) is 77.3 Å². The lowest BCUT2D eigenvalue weighted by Gasteiger charge is -2.35. The first-order valence-corrected chi connectivity index (χ1v) is 18.4. The van der Waals surface area contributed by atoms with Crippen molar-refractivity contribution in [3.63, 3.8) is 0 Å². The number of sulfonamides is 1. The molecule has 50 heavy (non-hydrogen) atoms. The van der Waals surface area contributed by atoms with Crippen LogP contribution >= 0.6 is 11.6 Å². The summed E-state index contributed by atoms with van der Waals surface area (Å²) in [7, 11) is -0.801. The maximum absolute atomic E-state index is 14.4. The number of likely N-dealkylation sites (N-methyl/N-ethyl adjacent to an activating group) is 1. The van der Waals surface area contributed by atoms with Crippen LogP contribution in [0.15, 0.2) is 71.6 Å². The number of anilines is 2. The van der Waals surface area contributed by atoms with Crippen molar-refractivity contribution in [2.75, 3.05) is 51.1 Å². The van der Waals surface area contributed by atoms with Crippen molar-refractivity contribution in [1.29, 1.82) is 0 Å². The van der Waals surface area contributed by atoms with E-state index in [0.29, 0.717) is 40.9 Å². The number of fused-ring (bicyclic) bond motifs is 1. The Morgan fingerprint density at radius 2 is 1.72 bits per heavy atom. The first-order valence-electron chi connectivity index (χ1n) is 16.6. The molecule has 1 heterocycles. The molecule has 272 valence electrons. The van der Waals surface area contributed by atoms with Crippen LogP contribution in [0.25, 0.3) is 0 Å². The number of rotatable bonds is 9. The molecule has 0 bridgehead atoms. The Kier molecular flexibility index (Phi) is 13.9. The molecule has 3 amide bonds. The van der Waals surface area contributed by atoms with Gasteiger partial charge in [0.25, 0.3) is 5.91 Å². The molecule has 3 N–H and O–H groups in total. The summed E-state index contributed by atoms with van der Waals surface area (Å²) in [5, 5.41) is 16.2. The molecule has 3 aromatic carbocycles. The Morgan fingerprint density at radius 3 is 2.38 bits per heavy atom. The van der Waals surface area contributed by atoms with Crippen LogP contribution in [-0.4, -0.2) is 93.4 Å². The quantitative estimate of drug-likeness (QED) is 0.239. The Morgan fingerprint density at radius 1 is 1.06 bits per heavy atom. The van der Waals surface area contributed by atoms with Gasteiger partial charge >= 0.3 is 6.03 Å². The third-order valence-electron chi connectivity index (χ3n) is 8.62. The van der Waals surface area contributed by atoms with Crippen LogP contribution in [0.4, 0.5) is 16.2 Å². The molecule has 14 heteroatoms. The monoisotopic (exact) mass is 730 g/mol. The van der Waals surface area contributed by atoms with Crippen molar-refractivity contribution >= 4 is 44.9 Å². The number of carbonyl (C=O) groups is 2. The summed E-state index contributed by atoms with van der Waals surface area (Å²) in [6.45, 7) is 5.80. The fraction of sp³-hybridized carbons (Fsp3) is 0.444. The topological polar surface area (TPSA) is 147 Å². The van der Waals surface area contributed by atoms with Gasteiger partial charge in [0.1, 0.15) is 11.5 Å². The SMILES string of the molecule is COc1ccc(NC(=O)Nc2ccc3c(c2)C(=O)N([C@H](C)CO)C[C@H](C)[C@H](CN(C)S(=O)(=O)c2ccc(Cl)cc2)OCCCC[C@H](C)O3)cc1. The molecule has 0 spiro atoms. The molecule has 3 aromatic rings. The average molecular weight is 731 g/mol. The number of ether oxygens (including phenoxy) is 3. The number of nitrogens with zero attached hydrogens (tertiary/aromatic N) is 2. The summed E-state index contributed by atoms with van der Waals surface area (Å²) in [5.41, 5.74) is 1.12. The van der Waals surface area contributed by atoms with E-state index in [1.54, 1.807) is 56.5 Å². The summed E-state index contributed by atoms with van der Waals surface area (Å²) in [5.74, 6) is 0.236. The largest absolute Gasteiger partial charge is 0.497 e. The number of urea groups is 1. The smallest absolute Gasteiger partial charge is 0.323 e. The molecule has 0 saturated carbocycles. The minimum atomic E-state index is -3.86. The van der Waals surface area contributed by atoms with E-state index >= 15 is 0 Å². The number of benzene rings is 3. The van der Waals surface area contributed by atoms with Crippen molar-refractivity contribution < 1.29 is 37.3 Å². The molecule has 4 atom stereocenters. The molecule has 0 aliphatic carbocycles. The minimum Gasteiger partial charge on any atom is -0.497 e. The van der Waals surface area contributed by atoms with Gasteiger partial charge in [-0.25, -0.2) is 13.2 Å². The van der Waals surface area contributed by atoms with Crippen molar-refractivity contribution in [3.8, 4) is 11.5 Å². The zero-order chi connectivity index (χ0) is 36.4. The summed E-state index contributed by atoms with van der Waals surface area (Å²) >= 11 is 5.99. The Labute approximate surface area is 299 Å². The van der Waals surface area contributed by atoms with Crippen LogP contribution in [0.3, 0.4) is 0 Å². The lowest BCUT2D eigenvalue weighted by Crippen LogP contribution is -2.48. The van der Waals surface area contributed by atoms with Gasteiger partial charge in [0.2, 0.25) is 10.0 Å². The van der Waals surface area contributed by atoms with Crippen LogP contribution < -0.4 is 20.1 Å². The van der Waals surface area contributed by atoms with Crippen LogP contribution in [-0.2, 0) is 14.8 Å². The number of halogens is 1. The molecule has 1 aliphatic rings. The van der Waals surface area contributed by atoms with Crippen molar-refractivity contribution in [2.24, 2.45) is 5.92 Å². The summed E-state index contributed by atoms with van der Waals surface area (Å²) < 4.78 is 45.9. The Balaban J connectivity index is 1.61. The van der Waals surface area contributed by atoms with E-state index in [1.807, 2.05) is 13.8 Å². The Bertz CT molecular complexity index is 1690. The van der Waals surface area contributed by atoms with Crippen molar-refractivity contribution in [1.82, 2.24) is 9.21 Å². The number of carbonyl (C=O) groups excluding carboxylic acids is 2. The fourth-order valence-corrected chi connectivity index (χ4v) is 6.88. The molecule has 0 radical (unpaired) electrons. The highest BCUT2D eigenvalue weighted by atomic mass is 35.5. The third-order valence-corrected chi connectivity index (χ3v) is 10.7. The first-order chi connectivity index (χ1) is 23.8. The Hall–Kier alpha value is -3.88. The second-order valence-electron chi connectivity index (χ2n) is 12.6. The maximum Gasteiger partial charge on any atom is 0.323 e. The minimum absolute atomic E-state index is 0.0368. The van der Waals surface area contributed by atoms with Gasteiger partial charge in [0.05, 0.1) is 42.4 Å². The highest BCUT2D eigenvalue weighted by Gasteiger charge is 2.32. The highest BCUT2D eigenvalue weighted by molar-refractivity contribution is 7.89. The van der Waals surface area contributed by atoms with Gasteiger partial charge in [-0.1, -0.05) is 18.5 Å². The number of hydrogen-bond donors (Lipinski definition) is 3. The van der Waals surface area contributed by atoms with Crippen LogP contribution in [0, 0.1) is 5.92 Å². The molecular formula is C36H47ClN4O8S. The van der Waals surface area contributed by atoms with Gasteiger partial charge in [-0.15, -0.1) is 0 Å².